The van der Waals surface area contributed by atoms with Crippen LogP contribution in [-0.2, 0) is 11.2 Å². The molecular weight excluding hydrogens is 380 g/mol. The van der Waals surface area contributed by atoms with Crippen LogP contribution in [0.15, 0.2) is 58.0 Å². The number of nitrogens with one attached hydrogen (secondary N) is 3. The molecule has 0 fully saturated rings. The monoisotopic (exact) mass is 402 g/mol. The topological polar surface area (TPSA) is 65.5 Å². The van der Waals surface area contributed by atoms with Gasteiger partial charge in [0.25, 0.3) is 0 Å². The summed E-state index contributed by atoms with van der Waals surface area (Å²) in [5.41, 5.74) is 3.07. The lowest BCUT2D eigenvalue weighted by Gasteiger charge is -2.13. The molecule has 2 aromatic carbocycles. The molecule has 1 amide bonds. The highest BCUT2D eigenvalue weighted by atomic mass is 79.9. The van der Waals surface area contributed by atoms with Crippen molar-refractivity contribution in [1.82, 2.24) is 10.6 Å². The Morgan fingerprint density at radius 3 is 2.60 bits per heavy atom. The number of carbonyl (C=O) groups is 1. The van der Waals surface area contributed by atoms with E-state index in [4.69, 9.17) is 0 Å². The number of halogens is 1. The first kappa shape index (κ1) is 19.0. The van der Waals surface area contributed by atoms with Gasteiger partial charge >= 0.3 is 0 Å². The van der Waals surface area contributed by atoms with Crippen LogP contribution in [0, 0.1) is 6.92 Å². The lowest BCUT2D eigenvalue weighted by molar-refractivity contribution is -0.115. The van der Waals surface area contributed by atoms with Crippen LogP contribution in [0.3, 0.4) is 0 Å². The van der Waals surface area contributed by atoms with Gasteiger partial charge in [-0.25, -0.2) is 0 Å². The van der Waals surface area contributed by atoms with E-state index >= 15 is 0 Å². The van der Waals surface area contributed by atoms with Crippen molar-refractivity contribution in [2.75, 3.05) is 25.5 Å². The number of aryl methyl sites for hydroxylation is 1. The molecule has 5 nitrogen and oxygen atoms in total. The highest BCUT2D eigenvalue weighted by molar-refractivity contribution is 9.10. The number of carbonyl (C=O) groups excluding carboxylic acids is 1. The maximum absolute atomic E-state index is 12.1. The largest absolute Gasteiger partial charge is 0.356 e. The first-order chi connectivity index (χ1) is 12.1. The maximum atomic E-state index is 12.1. The molecule has 25 heavy (non-hydrogen) atoms. The van der Waals surface area contributed by atoms with Gasteiger partial charge in [0.1, 0.15) is 0 Å². The lowest BCUT2D eigenvalue weighted by Crippen LogP contribution is -2.42. The Morgan fingerprint density at radius 1 is 1.12 bits per heavy atom. The van der Waals surface area contributed by atoms with Crippen molar-refractivity contribution >= 4 is 33.5 Å². The average molecular weight is 403 g/mol. The number of hydrogen-bond acceptors (Lipinski definition) is 2. The Labute approximate surface area is 157 Å². The fourth-order valence-corrected chi connectivity index (χ4v) is 2.64. The molecule has 0 heterocycles. The summed E-state index contributed by atoms with van der Waals surface area (Å²) in [5.74, 6) is 0.490. The zero-order valence-corrected chi connectivity index (χ0v) is 16.1. The third kappa shape index (κ3) is 6.58. The molecule has 0 aliphatic rings. The van der Waals surface area contributed by atoms with Crippen LogP contribution in [0.4, 0.5) is 5.69 Å². The quantitative estimate of drug-likeness (QED) is 0.513. The first-order valence-electron chi connectivity index (χ1n) is 8.13. The van der Waals surface area contributed by atoms with E-state index in [0.29, 0.717) is 5.96 Å². The van der Waals surface area contributed by atoms with Gasteiger partial charge in [0, 0.05) is 23.8 Å². The van der Waals surface area contributed by atoms with Crippen LogP contribution in [0.5, 0.6) is 0 Å². The molecule has 0 aliphatic heterocycles. The van der Waals surface area contributed by atoms with Crippen molar-refractivity contribution in [2.24, 2.45) is 4.99 Å². The molecule has 2 aromatic rings. The zero-order valence-electron chi connectivity index (χ0n) is 14.5. The SMILES string of the molecule is CN=C(NCCc1ccccc1)NCC(=O)Nc1cc(Br)ccc1C. The molecule has 2 rings (SSSR count). The highest BCUT2D eigenvalue weighted by Crippen LogP contribution is 2.20. The minimum atomic E-state index is -0.118. The van der Waals surface area contributed by atoms with Crippen molar-refractivity contribution in [3.05, 3.63) is 64.1 Å². The molecule has 3 N–H and O–H groups in total. The van der Waals surface area contributed by atoms with E-state index < -0.39 is 0 Å². The van der Waals surface area contributed by atoms with Gasteiger partial charge in [-0.3, -0.25) is 9.79 Å². The van der Waals surface area contributed by atoms with Gasteiger partial charge in [-0.1, -0.05) is 52.3 Å². The summed E-state index contributed by atoms with van der Waals surface area (Å²) < 4.78 is 0.930. The summed E-state index contributed by atoms with van der Waals surface area (Å²) in [5, 5.41) is 9.13. The number of aliphatic imine (C=N–C) groups is 1. The predicted molar refractivity (Wildman–Crippen MR) is 107 cm³/mol. The van der Waals surface area contributed by atoms with Crippen LogP contribution in [-0.4, -0.2) is 32.0 Å². The minimum absolute atomic E-state index is 0.118. The number of rotatable bonds is 6. The molecule has 6 heteroatoms. The summed E-state index contributed by atoms with van der Waals surface area (Å²) in [6.45, 7) is 2.85. The van der Waals surface area contributed by atoms with Crippen molar-refractivity contribution in [1.29, 1.82) is 0 Å². The molecule has 0 bridgehead atoms. The Balaban J connectivity index is 1.76. The Kier molecular flexibility index (Phi) is 7.47. The third-order valence-electron chi connectivity index (χ3n) is 3.66. The number of nitrogens with zero attached hydrogens (tertiary/aromatic N) is 1. The zero-order chi connectivity index (χ0) is 18.1. The predicted octanol–water partition coefficient (Wildman–Crippen LogP) is 3.10. The van der Waals surface area contributed by atoms with Gasteiger partial charge in [0.05, 0.1) is 6.54 Å². The van der Waals surface area contributed by atoms with Crippen molar-refractivity contribution in [3.8, 4) is 0 Å². The first-order valence-corrected chi connectivity index (χ1v) is 8.92. The van der Waals surface area contributed by atoms with E-state index in [1.54, 1.807) is 7.05 Å². The molecule has 0 aliphatic carbocycles. The second kappa shape index (κ2) is 9.84. The summed E-state index contributed by atoms with van der Waals surface area (Å²) >= 11 is 3.41. The van der Waals surface area contributed by atoms with Gasteiger partial charge in [0.15, 0.2) is 5.96 Å². The van der Waals surface area contributed by atoms with E-state index in [2.05, 4.69) is 49.0 Å². The maximum Gasteiger partial charge on any atom is 0.243 e. The van der Waals surface area contributed by atoms with Crippen LogP contribution >= 0.6 is 15.9 Å². The number of benzene rings is 2. The Bertz CT molecular complexity index is 731. The van der Waals surface area contributed by atoms with Gasteiger partial charge in [-0.15, -0.1) is 0 Å². The van der Waals surface area contributed by atoms with Crippen molar-refractivity contribution in [3.63, 3.8) is 0 Å². The highest BCUT2D eigenvalue weighted by Gasteiger charge is 2.06. The molecule has 132 valence electrons. The van der Waals surface area contributed by atoms with Crippen molar-refractivity contribution in [2.45, 2.75) is 13.3 Å². The standard InChI is InChI=1S/C19H23BrN4O/c1-14-8-9-16(20)12-17(14)24-18(25)13-23-19(21-2)22-11-10-15-6-4-3-5-7-15/h3-9,12H,10-11,13H2,1-2H3,(H,24,25)(H2,21,22,23). The van der Waals surface area contributed by atoms with Gasteiger partial charge in [0.2, 0.25) is 5.91 Å². The molecule has 0 spiro atoms. The molecule has 0 radical (unpaired) electrons. The van der Waals surface area contributed by atoms with E-state index in [9.17, 15) is 4.79 Å². The molecule has 0 atom stereocenters. The van der Waals surface area contributed by atoms with Crippen LogP contribution in [0.1, 0.15) is 11.1 Å². The Hall–Kier alpha value is -2.34. The normalized spacial score (nSPS) is 11.1. The van der Waals surface area contributed by atoms with E-state index in [0.717, 1.165) is 28.7 Å². The fourth-order valence-electron chi connectivity index (χ4n) is 2.28. The van der Waals surface area contributed by atoms with Crippen LogP contribution in [0.25, 0.3) is 0 Å². The number of hydrogen-bond donors (Lipinski definition) is 3. The average Bonchev–Trinajstić information content (AvgIpc) is 2.62. The molecule has 0 saturated carbocycles. The van der Waals surface area contributed by atoms with Gasteiger partial charge in [-0.05, 0) is 36.6 Å². The fraction of sp³-hybridized carbons (Fsp3) is 0.263. The summed E-state index contributed by atoms with van der Waals surface area (Å²) in [4.78, 5) is 16.3. The number of anilines is 1. The summed E-state index contributed by atoms with van der Waals surface area (Å²) in [6.07, 6.45) is 0.894. The second-order valence-electron chi connectivity index (χ2n) is 5.60. The van der Waals surface area contributed by atoms with E-state index in [1.807, 2.05) is 43.3 Å². The van der Waals surface area contributed by atoms with Crippen LogP contribution in [0.2, 0.25) is 0 Å². The number of amides is 1. The molecular formula is C19H23BrN4O. The smallest absolute Gasteiger partial charge is 0.243 e. The van der Waals surface area contributed by atoms with E-state index in [1.165, 1.54) is 5.56 Å². The number of guanidine groups is 1. The minimum Gasteiger partial charge on any atom is -0.356 e. The summed E-state index contributed by atoms with van der Waals surface area (Å²) in [7, 11) is 1.69. The van der Waals surface area contributed by atoms with Gasteiger partial charge in [-0.2, -0.15) is 0 Å². The van der Waals surface area contributed by atoms with Crippen molar-refractivity contribution < 1.29 is 4.79 Å². The van der Waals surface area contributed by atoms with Gasteiger partial charge < -0.3 is 16.0 Å². The Morgan fingerprint density at radius 2 is 1.88 bits per heavy atom. The molecule has 0 unspecified atom stereocenters. The molecule has 0 aromatic heterocycles. The molecule has 0 saturated heterocycles. The van der Waals surface area contributed by atoms with Crippen LogP contribution < -0.4 is 16.0 Å². The lowest BCUT2D eigenvalue weighted by atomic mass is 10.1. The summed E-state index contributed by atoms with van der Waals surface area (Å²) in [6, 6.07) is 16.0. The van der Waals surface area contributed by atoms with E-state index in [-0.39, 0.29) is 12.5 Å². The third-order valence-corrected chi connectivity index (χ3v) is 4.16. The second-order valence-corrected chi connectivity index (χ2v) is 6.51.